The summed E-state index contributed by atoms with van der Waals surface area (Å²) in [6, 6.07) is 0. The van der Waals surface area contributed by atoms with Crippen molar-refractivity contribution in [3.8, 4) is 0 Å². The van der Waals surface area contributed by atoms with Gasteiger partial charge in [0.15, 0.2) is 5.78 Å². The van der Waals surface area contributed by atoms with Crippen molar-refractivity contribution in [1.82, 2.24) is 4.72 Å². The van der Waals surface area contributed by atoms with Gasteiger partial charge in [-0.25, -0.2) is 0 Å². The first-order valence-corrected chi connectivity index (χ1v) is 3.42. The number of hydrogen-bond donors (Lipinski definition) is 1. The highest BCUT2D eigenvalue weighted by Gasteiger charge is 1.82. The van der Waals surface area contributed by atoms with E-state index >= 15 is 0 Å². The standard InChI is InChI=1S/C5H7NO3S/c1-2-5(7)3-4-6-10(8)9/h2-4,6H,1H2,(H,8,9)/p-1. The zero-order valence-electron chi connectivity index (χ0n) is 5.07. The molecule has 0 rings (SSSR count). The van der Waals surface area contributed by atoms with Crippen LogP contribution in [0.4, 0.5) is 0 Å². The molecule has 0 saturated heterocycles. The molecule has 0 aliphatic carbocycles. The summed E-state index contributed by atoms with van der Waals surface area (Å²) >= 11 is -2.36. The van der Waals surface area contributed by atoms with Crippen molar-refractivity contribution in [3.05, 3.63) is 24.9 Å². The fraction of sp³-hybridized carbons (Fsp3) is 0. The monoisotopic (exact) mass is 160 g/mol. The van der Waals surface area contributed by atoms with Gasteiger partial charge in [-0.3, -0.25) is 9.00 Å². The van der Waals surface area contributed by atoms with E-state index in [9.17, 15) is 13.6 Å². The van der Waals surface area contributed by atoms with E-state index in [0.29, 0.717) is 0 Å². The van der Waals surface area contributed by atoms with Crippen molar-refractivity contribution in [2.45, 2.75) is 0 Å². The summed E-state index contributed by atoms with van der Waals surface area (Å²) in [6.45, 7) is 3.18. The molecule has 56 valence electrons. The van der Waals surface area contributed by atoms with Gasteiger partial charge in [0.2, 0.25) is 0 Å². The number of carbonyl (C=O) groups excluding carboxylic acids is 1. The van der Waals surface area contributed by atoms with Gasteiger partial charge in [0.05, 0.1) is 0 Å². The molecule has 1 atom stereocenters. The minimum atomic E-state index is -2.36. The summed E-state index contributed by atoms with van der Waals surface area (Å²) in [5.41, 5.74) is 0. The molecule has 1 N–H and O–H groups in total. The second kappa shape index (κ2) is 4.89. The van der Waals surface area contributed by atoms with Crippen LogP contribution in [0.25, 0.3) is 0 Å². The lowest BCUT2D eigenvalue weighted by atomic mass is 10.4. The van der Waals surface area contributed by atoms with E-state index < -0.39 is 11.3 Å². The quantitative estimate of drug-likeness (QED) is 0.451. The van der Waals surface area contributed by atoms with Gasteiger partial charge in [0, 0.05) is 23.5 Å². The first-order valence-electron chi connectivity index (χ1n) is 2.35. The van der Waals surface area contributed by atoms with E-state index in [4.69, 9.17) is 0 Å². The zero-order chi connectivity index (χ0) is 7.98. The van der Waals surface area contributed by atoms with Crippen LogP contribution in [0, 0.1) is 0 Å². The molecular weight excluding hydrogens is 154 g/mol. The molecule has 0 fully saturated rings. The SMILES string of the molecule is C=CC(=O)C=CNS(=O)[O-]. The first-order chi connectivity index (χ1) is 4.66. The Bertz CT molecular complexity index is 187. The van der Waals surface area contributed by atoms with Crippen molar-refractivity contribution < 1.29 is 13.6 Å². The Hall–Kier alpha value is -0.940. The maximum atomic E-state index is 10.3. The molecule has 4 nitrogen and oxygen atoms in total. The lowest BCUT2D eigenvalue weighted by Crippen LogP contribution is -2.08. The number of hydrogen-bond acceptors (Lipinski definition) is 3. The van der Waals surface area contributed by atoms with Gasteiger partial charge in [0.25, 0.3) is 0 Å². The van der Waals surface area contributed by atoms with Crippen molar-refractivity contribution in [2.75, 3.05) is 0 Å². The molecular formula is C5H6NO3S-. The second-order valence-electron chi connectivity index (χ2n) is 1.29. The molecule has 0 saturated carbocycles. The van der Waals surface area contributed by atoms with Gasteiger partial charge >= 0.3 is 0 Å². The van der Waals surface area contributed by atoms with Crippen molar-refractivity contribution in [3.63, 3.8) is 0 Å². The molecule has 0 bridgehead atoms. The van der Waals surface area contributed by atoms with Crippen LogP contribution in [0.1, 0.15) is 0 Å². The number of ketones is 1. The Labute approximate surface area is 61.0 Å². The average molecular weight is 160 g/mol. The van der Waals surface area contributed by atoms with Crippen LogP contribution in [-0.2, 0) is 16.1 Å². The van der Waals surface area contributed by atoms with E-state index in [1.807, 2.05) is 4.72 Å². The Morgan fingerprint density at radius 2 is 2.30 bits per heavy atom. The van der Waals surface area contributed by atoms with Crippen LogP contribution in [0.5, 0.6) is 0 Å². The largest absolute Gasteiger partial charge is 0.755 e. The highest BCUT2D eigenvalue weighted by molar-refractivity contribution is 7.77. The summed E-state index contributed by atoms with van der Waals surface area (Å²) in [5.74, 6) is -0.349. The summed E-state index contributed by atoms with van der Waals surface area (Å²) in [5, 5.41) is 0. The normalized spacial score (nSPS) is 12.9. The highest BCUT2D eigenvalue weighted by Crippen LogP contribution is 1.75. The van der Waals surface area contributed by atoms with Crippen LogP contribution in [0.15, 0.2) is 24.9 Å². The summed E-state index contributed by atoms with van der Waals surface area (Å²) in [4.78, 5) is 10.3. The first kappa shape index (κ1) is 9.06. The third-order valence-corrected chi connectivity index (χ3v) is 0.942. The Balaban J connectivity index is 3.66. The molecule has 0 aromatic carbocycles. The van der Waals surface area contributed by atoms with E-state index in [-0.39, 0.29) is 5.78 Å². The highest BCUT2D eigenvalue weighted by atomic mass is 32.2. The third kappa shape index (κ3) is 5.20. The summed E-state index contributed by atoms with van der Waals surface area (Å²) < 4.78 is 21.4. The van der Waals surface area contributed by atoms with E-state index in [1.54, 1.807) is 0 Å². The molecule has 0 aromatic rings. The van der Waals surface area contributed by atoms with Gasteiger partial charge in [-0.05, 0) is 6.08 Å². The van der Waals surface area contributed by atoms with Crippen LogP contribution in [0.3, 0.4) is 0 Å². The molecule has 0 amide bonds. The molecule has 0 aromatic heterocycles. The molecule has 0 aliphatic heterocycles. The topological polar surface area (TPSA) is 69.2 Å². The minimum Gasteiger partial charge on any atom is -0.755 e. The number of allylic oxidation sites excluding steroid dienone is 2. The summed E-state index contributed by atoms with van der Waals surface area (Å²) in [6.07, 6.45) is 3.15. The molecule has 1 unspecified atom stereocenters. The predicted molar refractivity (Wildman–Crippen MR) is 36.4 cm³/mol. The lowest BCUT2D eigenvalue weighted by Gasteiger charge is -2.00. The van der Waals surface area contributed by atoms with E-state index in [0.717, 1.165) is 18.4 Å². The average Bonchev–Trinajstić information content (AvgIpc) is 1.87. The Kier molecular flexibility index (Phi) is 4.43. The summed E-state index contributed by atoms with van der Waals surface area (Å²) in [7, 11) is 0. The van der Waals surface area contributed by atoms with Gasteiger partial charge < -0.3 is 9.27 Å². The van der Waals surface area contributed by atoms with Crippen LogP contribution >= 0.6 is 0 Å². The molecule has 10 heavy (non-hydrogen) atoms. The lowest BCUT2D eigenvalue weighted by molar-refractivity contribution is -0.110. The van der Waals surface area contributed by atoms with Crippen LogP contribution in [-0.4, -0.2) is 14.5 Å². The van der Waals surface area contributed by atoms with Gasteiger partial charge in [0.1, 0.15) is 0 Å². The fourth-order valence-corrected chi connectivity index (χ4v) is 0.419. The second-order valence-corrected chi connectivity index (χ2v) is 2.00. The maximum Gasteiger partial charge on any atom is 0.179 e. The molecule has 0 aliphatic rings. The van der Waals surface area contributed by atoms with Crippen molar-refractivity contribution >= 4 is 17.0 Å². The van der Waals surface area contributed by atoms with Crippen molar-refractivity contribution in [2.24, 2.45) is 0 Å². The molecule has 0 heterocycles. The number of rotatable bonds is 4. The molecule has 0 radical (unpaired) electrons. The zero-order valence-corrected chi connectivity index (χ0v) is 5.89. The van der Waals surface area contributed by atoms with E-state index in [1.165, 1.54) is 0 Å². The van der Waals surface area contributed by atoms with Crippen LogP contribution < -0.4 is 4.72 Å². The number of nitrogens with one attached hydrogen (secondary N) is 1. The van der Waals surface area contributed by atoms with Crippen molar-refractivity contribution in [1.29, 1.82) is 0 Å². The Morgan fingerprint density at radius 3 is 2.70 bits per heavy atom. The predicted octanol–water partition coefficient (Wildman–Crippen LogP) is -0.361. The van der Waals surface area contributed by atoms with Gasteiger partial charge in [-0.2, -0.15) is 0 Å². The third-order valence-electron chi connectivity index (χ3n) is 0.613. The fourth-order valence-electron chi connectivity index (χ4n) is 0.240. The molecule has 5 heteroatoms. The van der Waals surface area contributed by atoms with E-state index in [2.05, 4.69) is 6.58 Å². The number of carbonyl (C=O) groups is 1. The minimum absolute atomic E-state index is 0.349. The smallest absolute Gasteiger partial charge is 0.179 e. The molecule has 0 spiro atoms. The van der Waals surface area contributed by atoms with Gasteiger partial charge in [-0.1, -0.05) is 6.58 Å². The Morgan fingerprint density at radius 1 is 1.70 bits per heavy atom. The van der Waals surface area contributed by atoms with Crippen LogP contribution in [0.2, 0.25) is 0 Å². The maximum absolute atomic E-state index is 10.3. The van der Waals surface area contributed by atoms with Gasteiger partial charge in [-0.15, -0.1) is 0 Å².